The van der Waals surface area contributed by atoms with E-state index >= 15 is 13.2 Å². The van der Waals surface area contributed by atoms with Gasteiger partial charge in [0, 0.05) is 91.2 Å². The Bertz CT molecular complexity index is 2780. The molecular formula is C49H51ClF3N7O7. The molecule has 352 valence electrons. The quantitative estimate of drug-likeness (QED) is 0.101. The first-order valence-corrected chi connectivity index (χ1v) is 23.0. The molecule has 14 nitrogen and oxygen atoms in total. The molecular weight excluding hydrogens is 891 g/mol. The van der Waals surface area contributed by atoms with Crippen LogP contribution in [-0.4, -0.2) is 89.0 Å². The first kappa shape index (κ1) is 46.0. The van der Waals surface area contributed by atoms with E-state index in [2.05, 4.69) is 15.7 Å². The van der Waals surface area contributed by atoms with E-state index in [1.165, 1.54) is 29.2 Å². The molecule has 0 unspecified atom stereocenters. The molecule has 4 heterocycles. The Labute approximate surface area is 389 Å². The van der Waals surface area contributed by atoms with Crippen LogP contribution in [0.25, 0.3) is 22.0 Å². The van der Waals surface area contributed by atoms with Gasteiger partial charge < -0.3 is 30.5 Å². The molecule has 67 heavy (non-hydrogen) atoms. The van der Waals surface area contributed by atoms with Crippen LogP contribution in [0.2, 0.25) is 5.02 Å². The summed E-state index contributed by atoms with van der Waals surface area (Å²) in [6.07, 6.45) is 3.90. The Morgan fingerprint density at radius 3 is 2.39 bits per heavy atom. The van der Waals surface area contributed by atoms with Gasteiger partial charge in [-0.15, -0.1) is 0 Å². The highest BCUT2D eigenvalue weighted by atomic mass is 35.5. The summed E-state index contributed by atoms with van der Waals surface area (Å²) in [7, 11) is 1.71. The fourth-order valence-corrected chi connectivity index (χ4v) is 10.9. The maximum atomic E-state index is 16.5. The minimum atomic E-state index is -1.15. The smallest absolute Gasteiger partial charge is 0.329 e. The van der Waals surface area contributed by atoms with Crippen LogP contribution >= 0.6 is 11.6 Å². The number of urea groups is 1. The molecule has 3 aliphatic heterocycles. The van der Waals surface area contributed by atoms with Gasteiger partial charge in [0.15, 0.2) is 23.0 Å². The number of imide groups is 1. The van der Waals surface area contributed by atoms with Crippen molar-refractivity contribution in [2.75, 3.05) is 44.3 Å². The summed E-state index contributed by atoms with van der Waals surface area (Å²) in [5.41, 5.74) is 6.18. The van der Waals surface area contributed by atoms with Gasteiger partial charge in [-0.05, 0) is 74.3 Å². The average molecular weight is 942 g/mol. The number of aromatic nitrogens is 2. The number of aryl methyl sites for hydroxylation is 1. The Balaban J connectivity index is 0.888. The SMILES string of the molecule is C[C@H]1c2c(cc(F)c(Cl)c2-c2c(C(N)=O)ccc(OCCO)c2F)O[C@]1(CNC1CCC(C(=O)N2CCC(c3c(F)ccc4c(N5CCC(=O)NC5=O)nn(C)c34)CC2)CC1)c1ccccc1. The number of carbonyl (C=O) groups excluding carboxylic acids is 4. The van der Waals surface area contributed by atoms with Crippen molar-refractivity contribution in [1.82, 2.24) is 25.3 Å². The van der Waals surface area contributed by atoms with Gasteiger partial charge in [-0.1, -0.05) is 48.9 Å². The van der Waals surface area contributed by atoms with Crippen LogP contribution in [0.1, 0.15) is 90.8 Å². The number of rotatable bonds is 12. The molecule has 1 saturated carbocycles. The lowest BCUT2D eigenvalue weighted by Crippen LogP contribution is -2.49. The fourth-order valence-electron chi connectivity index (χ4n) is 10.7. The number of anilines is 1. The van der Waals surface area contributed by atoms with Crippen LogP contribution in [0.3, 0.4) is 0 Å². The van der Waals surface area contributed by atoms with Crippen LogP contribution in [0.4, 0.5) is 23.8 Å². The number of primary amides is 1. The number of ether oxygens (including phenoxy) is 2. The number of piperidine rings is 1. The minimum absolute atomic E-state index is 0.00213. The molecule has 2 atom stereocenters. The number of nitrogens with one attached hydrogen (secondary N) is 2. The Morgan fingerprint density at radius 1 is 0.970 bits per heavy atom. The van der Waals surface area contributed by atoms with Gasteiger partial charge in [-0.2, -0.15) is 5.10 Å². The van der Waals surface area contributed by atoms with Crippen molar-refractivity contribution in [3.05, 3.63) is 105 Å². The molecule has 3 fully saturated rings. The monoisotopic (exact) mass is 941 g/mol. The topological polar surface area (TPSA) is 181 Å². The summed E-state index contributed by atoms with van der Waals surface area (Å²) in [6.45, 7) is 2.60. The zero-order valence-corrected chi connectivity index (χ0v) is 37.8. The second-order valence-corrected chi connectivity index (χ2v) is 18.2. The number of benzene rings is 4. The summed E-state index contributed by atoms with van der Waals surface area (Å²) >= 11 is 6.70. The van der Waals surface area contributed by atoms with E-state index in [-0.39, 0.29) is 89.8 Å². The number of carbonyl (C=O) groups is 4. The molecule has 9 rings (SSSR count). The van der Waals surface area contributed by atoms with Gasteiger partial charge in [-0.25, -0.2) is 18.0 Å². The number of amides is 5. The van der Waals surface area contributed by atoms with Gasteiger partial charge in [-0.3, -0.25) is 29.3 Å². The number of likely N-dealkylation sites (tertiary alicyclic amines) is 1. The summed E-state index contributed by atoms with van der Waals surface area (Å²) in [4.78, 5) is 54.5. The van der Waals surface area contributed by atoms with Crippen LogP contribution in [0.5, 0.6) is 11.5 Å². The van der Waals surface area contributed by atoms with Crippen LogP contribution < -0.4 is 30.7 Å². The molecule has 0 bridgehead atoms. The van der Waals surface area contributed by atoms with Crippen molar-refractivity contribution in [2.45, 2.75) is 75.3 Å². The maximum absolute atomic E-state index is 16.5. The first-order valence-electron chi connectivity index (χ1n) is 22.6. The van der Waals surface area contributed by atoms with Crippen molar-refractivity contribution >= 4 is 52.1 Å². The molecule has 4 aromatic carbocycles. The molecule has 1 aliphatic carbocycles. The second kappa shape index (κ2) is 18.5. The summed E-state index contributed by atoms with van der Waals surface area (Å²) in [5, 5.41) is 20.1. The van der Waals surface area contributed by atoms with E-state index in [0.29, 0.717) is 79.5 Å². The van der Waals surface area contributed by atoms with E-state index in [9.17, 15) is 24.3 Å². The zero-order chi connectivity index (χ0) is 47.3. The summed E-state index contributed by atoms with van der Waals surface area (Å²) in [6, 6.07) is 15.5. The normalized spacial score (nSPS) is 22.2. The third-order valence-corrected chi connectivity index (χ3v) is 14.5. The number of fused-ring (bicyclic) bond motifs is 2. The Hall–Kier alpha value is -6.17. The fraction of sp³-hybridized carbons (Fsp3) is 0.408. The van der Waals surface area contributed by atoms with E-state index in [0.717, 1.165) is 5.56 Å². The molecule has 1 aromatic heterocycles. The third kappa shape index (κ3) is 8.24. The maximum Gasteiger partial charge on any atom is 0.329 e. The van der Waals surface area contributed by atoms with E-state index in [1.807, 2.05) is 42.2 Å². The molecule has 0 spiro atoms. The highest BCUT2D eigenvalue weighted by Crippen LogP contribution is 2.56. The largest absolute Gasteiger partial charge is 0.488 e. The number of hydrogen-bond donors (Lipinski definition) is 4. The van der Waals surface area contributed by atoms with Crippen molar-refractivity contribution in [2.24, 2.45) is 18.7 Å². The predicted octanol–water partition coefficient (Wildman–Crippen LogP) is 7.17. The van der Waals surface area contributed by atoms with Gasteiger partial charge in [0.2, 0.25) is 17.7 Å². The van der Waals surface area contributed by atoms with E-state index in [1.54, 1.807) is 17.8 Å². The van der Waals surface area contributed by atoms with Crippen molar-refractivity contribution in [3.63, 3.8) is 0 Å². The van der Waals surface area contributed by atoms with Crippen molar-refractivity contribution in [3.8, 4) is 22.6 Å². The molecule has 5 amide bonds. The lowest BCUT2D eigenvalue weighted by Gasteiger charge is -2.38. The molecule has 5 N–H and O–H groups in total. The number of aliphatic hydroxyl groups excluding tert-OH is 1. The van der Waals surface area contributed by atoms with Crippen LogP contribution in [0, 0.1) is 23.4 Å². The molecule has 5 aromatic rings. The number of aliphatic hydroxyl groups is 1. The zero-order valence-electron chi connectivity index (χ0n) is 37.1. The lowest BCUT2D eigenvalue weighted by atomic mass is 9.77. The molecule has 4 aliphatic rings. The highest BCUT2D eigenvalue weighted by molar-refractivity contribution is 6.34. The highest BCUT2D eigenvalue weighted by Gasteiger charge is 2.50. The van der Waals surface area contributed by atoms with Crippen molar-refractivity contribution in [1.29, 1.82) is 0 Å². The molecule has 2 saturated heterocycles. The average Bonchev–Trinajstić information content (AvgIpc) is 3.80. The molecule has 0 radical (unpaired) electrons. The minimum Gasteiger partial charge on any atom is -0.488 e. The van der Waals surface area contributed by atoms with E-state index < -0.39 is 46.7 Å². The Kier molecular flexibility index (Phi) is 12.7. The summed E-state index contributed by atoms with van der Waals surface area (Å²) < 4.78 is 61.8. The van der Waals surface area contributed by atoms with Crippen LogP contribution in [0.15, 0.2) is 60.7 Å². The van der Waals surface area contributed by atoms with E-state index in [4.69, 9.17) is 26.8 Å². The van der Waals surface area contributed by atoms with Gasteiger partial charge in [0.25, 0.3) is 0 Å². The lowest BCUT2D eigenvalue weighted by molar-refractivity contribution is -0.137. The third-order valence-electron chi connectivity index (χ3n) is 14.1. The Morgan fingerprint density at radius 2 is 1.70 bits per heavy atom. The van der Waals surface area contributed by atoms with Gasteiger partial charge in [0.05, 0.1) is 22.7 Å². The standard InChI is InChI=1S/C49H51ClF3N7O7/c1-26-38-36(24-34(52)42(50)41(38)40-31(45(54)63)13-15-35(43(40)53)66-23-22-61)67-49(26,29-6-4-3-5-7-29)25-55-30-10-8-28(9-11-30)47(64)59-19-16-27(17-20-59)39-33(51)14-12-32-44(39)58(2)57-46(32)60-21-18-37(62)56-48(60)65/h3-7,12-15,24,26-28,30,55,61H,8-11,16-23,25H2,1-2H3,(H2,54,63)(H,56,62,65)/t26-,28?,30?,49-/m0/s1. The number of nitrogens with two attached hydrogens (primary N) is 1. The number of halogens is 4. The number of nitrogens with zero attached hydrogens (tertiary/aromatic N) is 4. The predicted molar refractivity (Wildman–Crippen MR) is 244 cm³/mol. The molecule has 18 heteroatoms. The summed E-state index contributed by atoms with van der Waals surface area (Å²) in [5.74, 6) is -4.24. The number of hydrogen-bond acceptors (Lipinski definition) is 9. The second-order valence-electron chi connectivity index (χ2n) is 17.9. The first-order chi connectivity index (χ1) is 32.2. The van der Waals surface area contributed by atoms with Crippen LogP contribution in [-0.2, 0) is 22.2 Å². The van der Waals surface area contributed by atoms with Gasteiger partial charge >= 0.3 is 6.03 Å². The van der Waals surface area contributed by atoms with Crippen molar-refractivity contribution < 1.29 is 46.9 Å². The van der Waals surface area contributed by atoms with Gasteiger partial charge in [0.1, 0.15) is 24.0 Å².